The van der Waals surface area contributed by atoms with Crippen LogP contribution in [-0.2, 0) is 10.2 Å². The molecule has 19 heavy (non-hydrogen) atoms. The molecule has 0 aliphatic carbocycles. The molecular weight excluding hydrogens is 262 g/mol. The number of hydrogen-bond donors (Lipinski definition) is 1. The van der Waals surface area contributed by atoms with Gasteiger partial charge in [-0.15, -0.1) is 0 Å². The molecule has 0 aromatic carbocycles. The Morgan fingerprint density at radius 1 is 0.947 bits per heavy atom. The zero-order chi connectivity index (χ0) is 14.7. The summed E-state index contributed by atoms with van der Waals surface area (Å²) in [4.78, 5) is 0. The van der Waals surface area contributed by atoms with E-state index in [-0.39, 0.29) is 0 Å². The van der Waals surface area contributed by atoms with Crippen molar-refractivity contribution in [3.63, 3.8) is 0 Å². The number of nitrogens with one attached hydrogen (secondary N) is 1. The number of rotatable bonds is 12. The summed E-state index contributed by atoms with van der Waals surface area (Å²) in [7, 11) is -1.61. The van der Waals surface area contributed by atoms with Gasteiger partial charge in [-0.2, -0.15) is 17.0 Å². The molecule has 0 aliphatic heterocycles. The molecule has 0 fully saturated rings. The topological polar surface area (TPSA) is 52.7 Å². The minimum absolute atomic E-state index is 0.542. The monoisotopic (exact) mass is 293 g/mol. The summed E-state index contributed by atoms with van der Waals surface area (Å²) in [6.45, 7) is 9.68. The van der Waals surface area contributed by atoms with Gasteiger partial charge in [0.1, 0.15) is 0 Å². The van der Waals surface area contributed by atoms with Crippen LogP contribution in [0.5, 0.6) is 0 Å². The van der Waals surface area contributed by atoms with E-state index in [4.69, 9.17) is 0 Å². The van der Waals surface area contributed by atoms with Gasteiger partial charge < -0.3 is 5.32 Å². The highest BCUT2D eigenvalue weighted by atomic mass is 32.2. The molecule has 0 aliphatic rings. The highest BCUT2D eigenvalue weighted by Crippen LogP contribution is 2.08. The van der Waals surface area contributed by atoms with E-state index in [1.54, 1.807) is 11.4 Å². The van der Waals surface area contributed by atoms with Gasteiger partial charge in [-0.1, -0.05) is 27.2 Å². The van der Waals surface area contributed by atoms with Gasteiger partial charge in [0.2, 0.25) is 0 Å². The quantitative estimate of drug-likeness (QED) is 0.557. The van der Waals surface area contributed by atoms with Gasteiger partial charge in [0, 0.05) is 26.7 Å². The van der Waals surface area contributed by atoms with E-state index in [0.29, 0.717) is 19.6 Å². The van der Waals surface area contributed by atoms with Crippen LogP contribution in [0.3, 0.4) is 0 Å². The van der Waals surface area contributed by atoms with Gasteiger partial charge in [0.25, 0.3) is 10.2 Å². The average Bonchev–Trinajstić information content (AvgIpc) is 2.38. The van der Waals surface area contributed by atoms with Crippen molar-refractivity contribution in [3.05, 3.63) is 0 Å². The van der Waals surface area contributed by atoms with Crippen LogP contribution in [0.15, 0.2) is 0 Å². The summed E-state index contributed by atoms with van der Waals surface area (Å²) in [6.07, 6.45) is 3.88. The van der Waals surface area contributed by atoms with Gasteiger partial charge in [-0.25, -0.2) is 0 Å². The third kappa shape index (κ3) is 7.25. The van der Waals surface area contributed by atoms with Crippen molar-refractivity contribution in [2.24, 2.45) is 0 Å². The minimum Gasteiger partial charge on any atom is -0.317 e. The molecule has 0 radical (unpaired) electrons. The lowest BCUT2D eigenvalue weighted by Gasteiger charge is -2.26. The first-order valence-electron chi connectivity index (χ1n) is 7.42. The van der Waals surface area contributed by atoms with E-state index in [0.717, 1.165) is 38.8 Å². The van der Waals surface area contributed by atoms with Crippen LogP contribution in [0.25, 0.3) is 0 Å². The second-order valence-corrected chi connectivity index (χ2v) is 6.81. The van der Waals surface area contributed by atoms with Crippen molar-refractivity contribution >= 4 is 10.2 Å². The molecule has 0 unspecified atom stereocenters. The highest BCUT2D eigenvalue weighted by molar-refractivity contribution is 7.86. The van der Waals surface area contributed by atoms with E-state index < -0.39 is 10.2 Å². The second-order valence-electron chi connectivity index (χ2n) is 4.78. The maximum Gasteiger partial charge on any atom is 0.281 e. The van der Waals surface area contributed by atoms with Crippen molar-refractivity contribution < 1.29 is 8.42 Å². The summed E-state index contributed by atoms with van der Waals surface area (Å²) in [5.41, 5.74) is 0. The molecule has 6 heteroatoms. The summed E-state index contributed by atoms with van der Waals surface area (Å²) >= 11 is 0. The summed E-state index contributed by atoms with van der Waals surface area (Å²) < 4.78 is 27.7. The fourth-order valence-electron chi connectivity index (χ4n) is 1.81. The first-order chi connectivity index (χ1) is 9.00. The van der Waals surface area contributed by atoms with Crippen molar-refractivity contribution in [1.29, 1.82) is 0 Å². The zero-order valence-electron chi connectivity index (χ0n) is 13.0. The van der Waals surface area contributed by atoms with Crippen LogP contribution in [-0.4, -0.2) is 56.8 Å². The standard InChI is InChI=1S/C13H31N3O2S/c1-5-8-13-16(7-3)19(17,18)15(4)12-9-11-14-10-6-2/h14H,5-13H2,1-4H3. The average molecular weight is 293 g/mol. The minimum atomic E-state index is -3.28. The van der Waals surface area contributed by atoms with Crippen LogP contribution >= 0.6 is 0 Å². The Morgan fingerprint density at radius 3 is 2.16 bits per heavy atom. The van der Waals surface area contributed by atoms with E-state index in [1.807, 2.05) is 6.92 Å². The SMILES string of the molecule is CCCCN(CC)S(=O)(=O)N(C)CCCNCCC. The Bertz CT molecular complexity index is 307. The number of hydrogen-bond acceptors (Lipinski definition) is 3. The van der Waals surface area contributed by atoms with Crippen molar-refractivity contribution in [3.8, 4) is 0 Å². The molecule has 0 atom stereocenters. The van der Waals surface area contributed by atoms with Gasteiger partial charge in [-0.3, -0.25) is 0 Å². The normalized spacial score (nSPS) is 12.5. The maximum atomic E-state index is 12.3. The van der Waals surface area contributed by atoms with E-state index in [1.165, 1.54) is 4.31 Å². The Labute approximate surface area is 119 Å². The second kappa shape index (κ2) is 10.6. The van der Waals surface area contributed by atoms with Crippen LogP contribution in [0.1, 0.15) is 46.5 Å². The third-order valence-electron chi connectivity index (χ3n) is 3.09. The molecule has 0 aromatic heterocycles. The fraction of sp³-hybridized carbons (Fsp3) is 1.00. The zero-order valence-corrected chi connectivity index (χ0v) is 13.8. The van der Waals surface area contributed by atoms with Crippen molar-refractivity contribution in [1.82, 2.24) is 13.9 Å². The Hall–Kier alpha value is -0.170. The van der Waals surface area contributed by atoms with Crippen LogP contribution in [0.2, 0.25) is 0 Å². The molecule has 0 bridgehead atoms. The predicted octanol–water partition coefficient (Wildman–Crippen LogP) is 1.67. The van der Waals surface area contributed by atoms with E-state index >= 15 is 0 Å². The summed E-state index contributed by atoms with van der Waals surface area (Å²) in [5, 5.41) is 3.28. The first-order valence-corrected chi connectivity index (χ1v) is 8.82. The van der Waals surface area contributed by atoms with Gasteiger partial charge in [0.05, 0.1) is 0 Å². The molecule has 0 heterocycles. The number of nitrogens with zero attached hydrogens (tertiary/aromatic N) is 2. The molecule has 0 aromatic rings. The van der Waals surface area contributed by atoms with Gasteiger partial charge >= 0.3 is 0 Å². The van der Waals surface area contributed by atoms with Gasteiger partial charge in [0.15, 0.2) is 0 Å². The van der Waals surface area contributed by atoms with E-state index in [9.17, 15) is 8.42 Å². The molecule has 116 valence electrons. The fourth-order valence-corrected chi connectivity index (χ4v) is 3.25. The smallest absolute Gasteiger partial charge is 0.281 e. The van der Waals surface area contributed by atoms with Gasteiger partial charge in [-0.05, 0) is 32.4 Å². The van der Waals surface area contributed by atoms with Crippen LogP contribution < -0.4 is 5.32 Å². The molecular formula is C13H31N3O2S. The first kappa shape index (κ1) is 18.8. The maximum absolute atomic E-state index is 12.3. The molecule has 0 rings (SSSR count). The lowest BCUT2D eigenvalue weighted by Crippen LogP contribution is -2.43. The van der Waals surface area contributed by atoms with Crippen molar-refractivity contribution in [2.75, 3.05) is 39.8 Å². The molecule has 5 nitrogen and oxygen atoms in total. The van der Waals surface area contributed by atoms with Crippen LogP contribution in [0.4, 0.5) is 0 Å². The predicted molar refractivity (Wildman–Crippen MR) is 81.5 cm³/mol. The largest absolute Gasteiger partial charge is 0.317 e. The lowest BCUT2D eigenvalue weighted by molar-refractivity contribution is 0.360. The molecule has 0 spiro atoms. The van der Waals surface area contributed by atoms with E-state index in [2.05, 4.69) is 19.2 Å². The Kier molecular flexibility index (Phi) is 10.5. The Morgan fingerprint density at radius 2 is 1.63 bits per heavy atom. The molecule has 0 saturated heterocycles. The number of unbranched alkanes of at least 4 members (excludes halogenated alkanes) is 1. The molecule has 0 saturated carbocycles. The molecule has 0 amide bonds. The van der Waals surface area contributed by atoms with Crippen LogP contribution in [0, 0.1) is 0 Å². The highest BCUT2D eigenvalue weighted by Gasteiger charge is 2.24. The Balaban J connectivity index is 4.20. The van der Waals surface area contributed by atoms with Crippen molar-refractivity contribution in [2.45, 2.75) is 46.5 Å². The summed E-state index contributed by atoms with van der Waals surface area (Å²) in [5.74, 6) is 0. The lowest BCUT2D eigenvalue weighted by atomic mass is 10.3. The molecule has 1 N–H and O–H groups in total. The summed E-state index contributed by atoms with van der Waals surface area (Å²) in [6, 6.07) is 0. The third-order valence-corrected chi connectivity index (χ3v) is 5.15.